The molecule has 0 bridgehead atoms. The Morgan fingerprint density at radius 1 is 1.10 bits per heavy atom. The summed E-state index contributed by atoms with van der Waals surface area (Å²) in [5.41, 5.74) is 4.90. The first kappa shape index (κ1) is 19.8. The third-order valence-corrected chi connectivity index (χ3v) is 6.63. The molecule has 0 spiro atoms. The SMILES string of the molecule is CC1(C)Nc2ccccc2C1NCc1cccc2c1CN(C1CCC(=O)NC1=O)C2=O. The fourth-order valence-electron chi connectivity index (χ4n) is 5.06. The van der Waals surface area contributed by atoms with Crippen LogP contribution in [0, 0.1) is 0 Å². The Morgan fingerprint density at radius 2 is 1.90 bits per heavy atom. The average molecular weight is 418 g/mol. The first-order valence-electron chi connectivity index (χ1n) is 10.7. The minimum Gasteiger partial charge on any atom is -0.378 e. The van der Waals surface area contributed by atoms with Crippen LogP contribution in [0.15, 0.2) is 42.5 Å². The molecule has 0 aliphatic carbocycles. The normalized spacial score (nSPS) is 23.9. The van der Waals surface area contributed by atoms with Crippen molar-refractivity contribution in [2.24, 2.45) is 0 Å². The molecule has 7 heteroatoms. The van der Waals surface area contributed by atoms with Gasteiger partial charge in [-0.15, -0.1) is 0 Å². The van der Waals surface area contributed by atoms with Gasteiger partial charge in [0.25, 0.3) is 5.91 Å². The summed E-state index contributed by atoms with van der Waals surface area (Å²) in [6, 6.07) is 13.6. The third-order valence-electron chi connectivity index (χ3n) is 6.63. The number of nitrogens with zero attached hydrogens (tertiary/aromatic N) is 1. The van der Waals surface area contributed by atoms with Crippen molar-refractivity contribution in [3.8, 4) is 0 Å². The van der Waals surface area contributed by atoms with E-state index >= 15 is 0 Å². The predicted octanol–water partition coefficient (Wildman–Crippen LogP) is 2.48. The molecule has 2 aromatic carbocycles. The van der Waals surface area contributed by atoms with Crippen LogP contribution in [0.4, 0.5) is 5.69 Å². The van der Waals surface area contributed by atoms with E-state index in [4.69, 9.17) is 0 Å². The highest BCUT2D eigenvalue weighted by molar-refractivity contribution is 6.05. The highest BCUT2D eigenvalue weighted by Gasteiger charge is 2.41. The zero-order chi connectivity index (χ0) is 21.8. The Balaban J connectivity index is 1.37. The molecule has 3 aliphatic heterocycles. The number of anilines is 1. The van der Waals surface area contributed by atoms with Gasteiger partial charge in [-0.1, -0.05) is 30.3 Å². The van der Waals surface area contributed by atoms with E-state index in [0.29, 0.717) is 25.1 Å². The molecule has 1 saturated heterocycles. The summed E-state index contributed by atoms with van der Waals surface area (Å²) in [4.78, 5) is 38.4. The van der Waals surface area contributed by atoms with Crippen molar-refractivity contribution in [2.45, 2.75) is 57.4 Å². The first-order chi connectivity index (χ1) is 14.8. The molecule has 3 aliphatic rings. The fourth-order valence-corrected chi connectivity index (χ4v) is 5.06. The number of benzene rings is 2. The van der Waals surface area contributed by atoms with Crippen LogP contribution in [0.5, 0.6) is 0 Å². The molecule has 3 N–H and O–H groups in total. The summed E-state index contributed by atoms with van der Waals surface area (Å²) in [5.74, 6) is -0.796. The van der Waals surface area contributed by atoms with Crippen LogP contribution in [0.2, 0.25) is 0 Å². The molecular formula is C24H26N4O3. The lowest BCUT2D eigenvalue weighted by molar-refractivity contribution is -0.136. The van der Waals surface area contributed by atoms with Crippen molar-refractivity contribution in [1.29, 1.82) is 0 Å². The van der Waals surface area contributed by atoms with Crippen LogP contribution in [-0.4, -0.2) is 34.2 Å². The molecule has 5 rings (SSSR count). The van der Waals surface area contributed by atoms with Crippen molar-refractivity contribution in [1.82, 2.24) is 15.5 Å². The number of imide groups is 1. The number of carbonyl (C=O) groups excluding carboxylic acids is 3. The Bertz CT molecular complexity index is 1090. The average Bonchev–Trinajstić information content (AvgIpc) is 3.19. The van der Waals surface area contributed by atoms with Gasteiger partial charge in [-0.2, -0.15) is 0 Å². The number of para-hydroxylation sites is 1. The van der Waals surface area contributed by atoms with Gasteiger partial charge < -0.3 is 15.5 Å². The van der Waals surface area contributed by atoms with Crippen LogP contribution in [0.25, 0.3) is 0 Å². The van der Waals surface area contributed by atoms with Gasteiger partial charge in [0.2, 0.25) is 11.8 Å². The van der Waals surface area contributed by atoms with Gasteiger partial charge in [0.15, 0.2) is 0 Å². The number of piperidine rings is 1. The summed E-state index contributed by atoms with van der Waals surface area (Å²) < 4.78 is 0. The summed E-state index contributed by atoms with van der Waals surface area (Å²) in [5, 5.41) is 9.62. The maximum absolute atomic E-state index is 13.0. The lowest BCUT2D eigenvalue weighted by Gasteiger charge is -2.30. The van der Waals surface area contributed by atoms with Crippen molar-refractivity contribution in [3.05, 3.63) is 64.7 Å². The molecule has 0 aromatic heterocycles. The molecule has 0 radical (unpaired) electrons. The van der Waals surface area contributed by atoms with E-state index in [1.165, 1.54) is 5.56 Å². The van der Waals surface area contributed by atoms with Crippen molar-refractivity contribution in [3.63, 3.8) is 0 Å². The number of hydrogen-bond donors (Lipinski definition) is 3. The largest absolute Gasteiger partial charge is 0.378 e. The van der Waals surface area contributed by atoms with E-state index < -0.39 is 6.04 Å². The monoisotopic (exact) mass is 418 g/mol. The fraction of sp³-hybridized carbons (Fsp3) is 0.375. The standard InChI is InChI=1S/C24H26N4O3/c1-24(2)21(16-7-3-4-9-18(16)27-24)25-12-14-6-5-8-15-17(14)13-28(23(15)31)19-10-11-20(29)26-22(19)30/h3-9,19,21,25,27H,10-13H2,1-2H3,(H,26,29,30). The second kappa shape index (κ2) is 7.20. The van der Waals surface area contributed by atoms with E-state index in [9.17, 15) is 14.4 Å². The Labute approximate surface area is 181 Å². The molecule has 7 nitrogen and oxygen atoms in total. The molecule has 3 heterocycles. The van der Waals surface area contributed by atoms with Crippen LogP contribution in [-0.2, 0) is 22.7 Å². The number of hydrogen-bond acceptors (Lipinski definition) is 5. The second-order valence-corrected chi connectivity index (χ2v) is 9.09. The molecule has 2 unspecified atom stereocenters. The van der Waals surface area contributed by atoms with Crippen molar-refractivity contribution >= 4 is 23.4 Å². The predicted molar refractivity (Wildman–Crippen MR) is 116 cm³/mol. The van der Waals surface area contributed by atoms with Crippen molar-refractivity contribution < 1.29 is 14.4 Å². The minimum absolute atomic E-state index is 0.128. The quantitative estimate of drug-likeness (QED) is 0.664. The number of rotatable bonds is 4. The lowest BCUT2D eigenvalue weighted by atomic mass is 9.92. The number of nitrogens with one attached hydrogen (secondary N) is 3. The maximum atomic E-state index is 13.0. The van der Waals surface area contributed by atoms with Crippen LogP contribution in [0.1, 0.15) is 59.8 Å². The molecule has 31 heavy (non-hydrogen) atoms. The van der Waals surface area contributed by atoms with Crippen LogP contribution < -0.4 is 16.0 Å². The highest BCUT2D eigenvalue weighted by Crippen LogP contribution is 2.41. The first-order valence-corrected chi connectivity index (χ1v) is 10.7. The van der Waals surface area contributed by atoms with Gasteiger partial charge in [0.1, 0.15) is 6.04 Å². The number of fused-ring (bicyclic) bond motifs is 2. The lowest BCUT2D eigenvalue weighted by Crippen LogP contribution is -2.52. The molecule has 160 valence electrons. The third kappa shape index (κ3) is 3.29. The van der Waals surface area contributed by atoms with Crippen LogP contribution >= 0.6 is 0 Å². The van der Waals surface area contributed by atoms with E-state index in [0.717, 1.165) is 16.8 Å². The Kier molecular flexibility index (Phi) is 4.59. The smallest absolute Gasteiger partial charge is 0.255 e. The van der Waals surface area contributed by atoms with E-state index in [1.807, 2.05) is 30.3 Å². The zero-order valence-electron chi connectivity index (χ0n) is 17.7. The molecule has 2 atom stereocenters. The zero-order valence-corrected chi connectivity index (χ0v) is 17.7. The number of amides is 3. The van der Waals surface area contributed by atoms with E-state index in [2.05, 4.69) is 41.9 Å². The summed E-state index contributed by atoms with van der Waals surface area (Å²) in [6.07, 6.45) is 0.630. The van der Waals surface area contributed by atoms with Gasteiger partial charge in [-0.3, -0.25) is 19.7 Å². The summed E-state index contributed by atoms with van der Waals surface area (Å²) >= 11 is 0. The van der Waals surface area contributed by atoms with Gasteiger partial charge in [0.05, 0.1) is 11.6 Å². The van der Waals surface area contributed by atoms with E-state index in [-0.39, 0.29) is 35.7 Å². The topological polar surface area (TPSA) is 90.5 Å². The summed E-state index contributed by atoms with van der Waals surface area (Å²) in [6.45, 7) is 5.35. The number of carbonyl (C=O) groups is 3. The molecule has 0 saturated carbocycles. The molecular weight excluding hydrogens is 392 g/mol. The van der Waals surface area contributed by atoms with E-state index in [1.54, 1.807) is 4.90 Å². The van der Waals surface area contributed by atoms with Gasteiger partial charge in [0, 0.05) is 30.8 Å². The molecule has 1 fully saturated rings. The molecule has 2 aromatic rings. The van der Waals surface area contributed by atoms with Crippen LogP contribution in [0.3, 0.4) is 0 Å². The Morgan fingerprint density at radius 3 is 2.71 bits per heavy atom. The van der Waals surface area contributed by atoms with Gasteiger partial charge in [-0.05, 0) is 49.1 Å². The van der Waals surface area contributed by atoms with Gasteiger partial charge >= 0.3 is 0 Å². The van der Waals surface area contributed by atoms with Gasteiger partial charge in [-0.25, -0.2) is 0 Å². The minimum atomic E-state index is -0.594. The molecule has 3 amide bonds. The highest BCUT2D eigenvalue weighted by atomic mass is 16.2. The second-order valence-electron chi connectivity index (χ2n) is 9.09. The maximum Gasteiger partial charge on any atom is 0.255 e. The summed E-state index contributed by atoms with van der Waals surface area (Å²) in [7, 11) is 0. The Hall–Kier alpha value is -3.19. The van der Waals surface area contributed by atoms with Crippen molar-refractivity contribution in [2.75, 3.05) is 5.32 Å².